The third-order valence-corrected chi connectivity index (χ3v) is 20.3. The molecule has 2 aliphatic heterocycles. The summed E-state index contributed by atoms with van der Waals surface area (Å²) in [5.41, 5.74) is 26.9. The number of anilines is 4. The molecule has 2 heteroatoms. The average Bonchev–Trinajstić information content (AvgIpc) is 1.23. The van der Waals surface area contributed by atoms with E-state index in [1.54, 1.807) is 0 Å². The number of rotatable bonds is 7. The van der Waals surface area contributed by atoms with Crippen molar-refractivity contribution in [2.75, 3.05) is 23.9 Å². The van der Waals surface area contributed by atoms with Gasteiger partial charge in [-0.15, -0.1) is 0 Å². The van der Waals surface area contributed by atoms with Crippen LogP contribution < -0.4 is 9.80 Å². The standard InChI is InChI=1S/C83H62N2/c1-84-75-50-19-17-46-71(75)82(55-28-7-3-8-29-55,56-30-9-4-10-31-56)73-48-26-42-65(79(73)84)59-37-23-39-62-68(59)54-69-60(38-24-40-63(69)77(62)67-44-25-41-64-61-36-15-16-45-70(61)81(78(64)67)52-21-22-53-81)66-43-27-49-74-80(66)85(2)76-51-20-18-47-72(76)83(74,57-32-11-5-12-33-57)58-34-13-6-14-35-58/h3-20,23-51,54H,21-22,52-53H2,1-2H3. The lowest BCUT2D eigenvalue weighted by Crippen LogP contribution is -2.38. The third kappa shape index (κ3) is 6.77. The van der Waals surface area contributed by atoms with Gasteiger partial charge in [0.15, 0.2) is 0 Å². The molecule has 17 rings (SSSR count). The van der Waals surface area contributed by atoms with Gasteiger partial charge in [0, 0.05) is 42.0 Å². The van der Waals surface area contributed by atoms with Gasteiger partial charge in [-0.1, -0.05) is 286 Å². The molecule has 0 radical (unpaired) electrons. The Morgan fingerprint density at radius 3 is 1.08 bits per heavy atom. The Labute approximate surface area is 498 Å². The number of benzene rings is 13. The normalized spacial score (nSPS) is 15.5. The fraction of sp³-hybridized carbons (Fsp3) is 0.108. The van der Waals surface area contributed by atoms with Gasteiger partial charge in [-0.2, -0.15) is 0 Å². The van der Waals surface area contributed by atoms with Crippen LogP contribution in [0.25, 0.3) is 66.1 Å². The molecular weight excluding hydrogens is 1020 g/mol. The van der Waals surface area contributed by atoms with Crippen LogP contribution >= 0.6 is 0 Å². The maximum atomic E-state index is 2.58. The first kappa shape index (κ1) is 49.6. The van der Waals surface area contributed by atoms with Gasteiger partial charge >= 0.3 is 0 Å². The molecule has 0 unspecified atom stereocenters. The summed E-state index contributed by atoms with van der Waals surface area (Å²) in [5.74, 6) is 0. The van der Waals surface area contributed by atoms with E-state index in [1.807, 2.05) is 0 Å². The van der Waals surface area contributed by atoms with Crippen molar-refractivity contribution in [3.8, 4) is 44.5 Å². The zero-order valence-corrected chi connectivity index (χ0v) is 47.9. The van der Waals surface area contributed by atoms with Crippen LogP contribution in [0.3, 0.4) is 0 Å². The highest BCUT2D eigenvalue weighted by Crippen LogP contribution is 2.63. The second-order valence-electron chi connectivity index (χ2n) is 24.1. The fourth-order valence-electron chi connectivity index (χ4n) is 17.1. The van der Waals surface area contributed by atoms with Gasteiger partial charge in [0.2, 0.25) is 0 Å². The molecule has 0 aromatic heterocycles. The number of hydrogen-bond acceptors (Lipinski definition) is 2. The summed E-state index contributed by atoms with van der Waals surface area (Å²) < 4.78 is 0. The lowest BCUT2D eigenvalue weighted by molar-refractivity contribution is 0.551. The summed E-state index contributed by atoms with van der Waals surface area (Å²) >= 11 is 0. The highest BCUT2D eigenvalue weighted by molar-refractivity contribution is 6.21. The summed E-state index contributed by atoms with van der Waals surface area (Å²) in [6, 6.07) is 111. The monoisotopic (exact) mass is 1090 g/mol. The van der Waals surface area contributed by atoms with Crippen molar-refractivity contribution in [1.29, 1.82) is 0 Å². The number of para-hydroxylation sites is 4. The molecule has 0 saturated heterocycles. The molecule has 4 aliphatic rings. The van der Waals surface area contributed by atoms with E-state index in [2.05, 4.69) is 315 Å². The van der Waals surface area contributed by atoms with Crippen LogP contribution in [0.4, 0.5) is 22.7 Å². The third-order valence-electron chi connectivity index (χ3n) is 20.3. The van der Waals surface area contributed by atoms with E-state index < -0.39 is 10.8 Å². The molecule has 1 saturated carbocycles. The molecule has 404 valence electrons. The van der Waals surface area contributed by atoms with Crippen LogP contribution in [0.15, 0.2) is 291 Å². The summed E-state index contributed by atoms with van der Waals surface area (Å²) in [7, 11) is 4.57. The van der Waals surface area contributed by atoms with E-state index in [-0.39, 0.29) is 5.41 Å². The Hall–Kier alpha value is -10.0. The van der Waals surface area contributed by atoms with Crippen LogP contribution in [0.5, 0.6) is 0 Å². The molecule has 1 spiro atoms. The summed E-state index contributed by atoms with van der Waals surface area (Å²) in [4.78, 5) is 4.97. The van der Waals surface area contributed by atoms with Crippen molar-refractivity contribution in [3.63, 3.8) is 0 Å². The van der Waals surface area contributed by atoms with Gasteiger partial charge in [-0.05, 0) is 142 Å². The molecular formula is C83H62N2. The van der Waals surface area contributed by atoms with Gasteiger partial charge in [-0.25, -0.2) is 0 Å². The molecule has 13 aromatic carbocycles. The second-order valence-corrected chi connectivity index (χ2v) is 24.1. The van der Waals surface area contributed by atoms with Crippen LogP contribution in [-0.4, -0.2) is 14.1 Å². The summed E-state index contributed by atoms with van der Waals surface area (Å²) in [5, 5.41) is 5.01. The van der Waals surface area contributed by atoms with E-state index in [1.165, 1.54) is 157 Å². The molecule has 2 aliphatic carbocycles. The van der Waals surface area contributed by atoms with Crippen molar-refractivity contribution in [1.82, 2.24) is 0 Å². The van der Waals surface area contributed by atoms with Crippen molar-refractivity contribution >= 4 is 44.3 Å². The molecule has 13 aromatic rings. The topological polar surface area (TPSA) is 6.48 Å². The first-order chi connectivity index (χ1) is 42.0. The lowest BCUT2D eigenvalue weighted by Gasteiger charge is -2.46. The summed E-state index contributed by atoms with van der Waals surface area (Å²) in [6.45, 7) is 0. The molecule has 2 heterocycles. The Bertz CT molecular complexity index is 4480. The molecule has 0 N–H and O–H groups in total. The number of fused-ring (bicyclic) bond motifs is 11. The van der Waals surface area contributed by atoms with Crippen LogP contribution in [0.1, 0.15) is 81.3 Å². The minimum atomic E-state index is -0.604. The van der Waals surface area contributed by atoms with Gasteiger partial charge < -0.3 is 9.80 Å². The SMILES string of the molecule is CN1c2ccccc2C(c2ccccc2)(c2ccccc2)c2cccc(-c3cccc4c(-c5cccc6c5C5(CCCC5)c5ccccc5-6)c5cccc(-c6cccc7c6N(C)c6ccccc6C7(c6ccccc6)c6ccccc6)c5cc34)c21. The minimum Gasteiger partial charge on any atom is -0.344 e. The average molecular weight is 1090 g/mol. The number of nitrogens with zero attached hydrogens (tertiary/aromatic N) is 2. The zero-order chi connectivity index (χ0) is 56.4. The largest absolute Gasteiger partial charge is 0.344 e. The molecule has 85 heavy (non-hydrogen) atoms. The molecule has 0 bridgehead atoms. The van der Waals surface area contributed by atoms with Crippen molar-refractivity contribution in [2.45, 2.75) is 41.9 Å². The van der Waals surface area contributed by atoms with Crippen LogP contribution in [0, 0.1) is 0 Å². The zero-order valence-electron chi connectivity index (χ0n) is 47.9. The Morgan fingerprint density at radius 1 is 0.271 bits per heavy atom. The van der Waals surface area contributed by atoms with Gasteiger partial charge in [0.25, 0.3) is 0 Å². The van der Waals surface area contributed by atoms with E-state index in [4.69, 9.17) is 0 Å². The maximum Gasteiger partial charge on any atom is 0.0742 e. The first-order valence-corrected chi connectivity index (χ1v) is 30.4. The quantitative estimate of drug-likeness (QED) is 0.147. The van der Waals surface area contributed by atoms with E-state index in [9.17, 15) is 0 Å². The van der Waals surface area contributed by atoms with Crippen molar-refractivity contribution < 1.29 is 0 Å². The van der Waals surface area contributed by atoms with E-state index in [0.29, 0.717) is 0 Å². The maximum absolute atomic E-state index is 2.58. The second kappa shape index (κ2) is 19.0. The summed E-state index contributed by atoms with van der Waals surface area (Å²) in [6.07, 6.45) is 4.74. The molecule has 2 nitrogen and oxygen atoms in total. The molecule has 1 fully saturated rings. The van der Waals surface area contributed by atoms with Crippen LogP contribution in [0.2, 0.25) is 0 Å². The minimum absolute atomic E-state index is 0.0636. The van der Waals surface area contributed by atoms with Gasteiger partial charge in [-0.3, -0.25) is 0 Å². The smallest absolute Gasteiger partial charge is 0.0742 e. The Balaban J connectivity index is 1.000. The highest BCUT2D eigenvalue weighted by atomic mass is 15.1. The van der Waals surface area contributed by atoms with Crippen molar-refractivity contribution in [3.05, 3.63) is 347 Å². The molecule has 0 atom stereocenters. The fourth-order valence-corrected chi connectivity index (χ4v) is 17.1. The Morgan fingerprint density at radius 2 is 0.612 bits per heavy atom. The van der Waals surface area contributed by atoms with Gasteiger partial charge in [0.05, 0.1) is 22.2 Å². The Kier molecular flexibility index (Phi) is 11.1. The molecule has 0 amide bonds. The van der Waals surface area contributed by atoms with Gasteiger partial charge in [0.1, 0.15) is 0 Å². The highest BCUT2D eigenvalue weighted by Gasteiger charge is 2.50. The first-order valence-electron chi connectivity index (χ1n) is 30.4. The predicted octanol–water partition coefficient (Wildman–Crippen LogP) is 20.8. The predicted molar refractivity (Wildman–Crippen MR) is 355 cm³/mol. The van der Waals surface area contributed by atoms with Crippen molar-refractivity contribution in [2.24, 2.45) is 0 Å². The number of hydrogen-bond donors (Lipinski definition) is 0. The van der Waals surface area contributed by atoms with E-state index >= 15 is 0 Å². The van der Waals surface area contributed by atoms with Crippen LogP contribution in [-0.2, 0) is 16.2 Å². The lowest BCUT2D eigenvalue weighted by atomic mass is 9.62. The van der Waals surface area contributed by atoms with E-state index in [0.717, 1.165) is 12.8 Å².